The van der Waals surface area contributed by atoms with Crippen LogP contribution >= 0.6 is 15.9 Å². The molecule has 0 bridgehead atoms. The van der Waals surface area contributed by atoms with E-state index in [0.29, 0.717) is 5.70 Å². The van der Waals surface area contributed by atoms with Gasteiger partial charge in [0.25, 0.3) is 0 Å². The highest BCUT2D eigenvalue weighted by atomic mass is 79.9. The molecular formula is C12H13BrN2. The van der Waals surface area contributed by atoms with Crippen molar-refractivity contribution in [1.29, 1.82) is 0 Å². The van der Waals surface area contributed by atoms with Crippen molar-refractivity contribution in [2.24, 2.45) is 4.99 Å². The largest absolute Gasteiger partial charge is 0.261 e. The van der Waals surface area contributed by atoms with E-state index in [1.165, 1.54) is 0 Å². The first-order chi connectivity index (χ1) is 7.13. The van der Waals surface area contributed by atoms with Crippen molar-refractivity contribution < 1.29 is 0 Å². The van der Waals surface area contributed by atoms with Crippen LogP contribution in [0.25, 0.3) is 5.70 Å². The van der Waals surface area contributed by atoms with E-state index in [1.54, 1.807) is 12.4 Å². The number of aryl methyl sites for hydroxylation is 1. The van der Waals surface area contributed by atoms with E-state index in [0.717, 1.165) is 15.7 Å². The molecule has 0 amide bonds. The van der Waals surface area contributed by atoms with Crippen molar-refractivity contribution in [2.45, 2.75) is 13.8 Å². The van der Waals surface area contributed by atoms with Gasteiger partial charge in [0.2, 0.25) is 0 Å². The van der Waals surface area contributed by atoms with Gasteiger partial charge in [-0.25, -0.2) is 0 Å². The third kappa shape index (κ3) is 3.80. The monoisotopic (exact) mass is 264 g/mol. The first-order valence-corrected chi connectivity index (χ1v) is 5.40. The summed E-state index contributed by atoms with van der Waals surface area (Å²) in [5, 5.41) is 0. The molecule has 1 rings (SSSR count). The van der Waals surface area contributed by atoms with Gasteiger partial charge in [0.05, 0.1) is 5.70 Å². The van der Waals surface area contributed by atoms with Crippen LogP contribution in [0, 0.1) is 6.92 Å². The molecule has 2 nitrogen and oxygen atoms in total. The summed E-state index contributed by atoms with van der Waals surface area (Å²) in [6, 6.07) is 3.91. The van der Waals surface area contributed by atoms with Crippen LogP contribution in [0.1, 0.15) is 18.2 Å². The number of rotatable bonds is 3. The Balaban J connectivity index is 2.78. The minimum absolute atomic E-state index is 0.710. The molecule has 1 heterocycles. The average Bonchev–Trinajstić information content (AvgIpc) is 2.26. The summed E-state index contributed by atoms with van der Waals surface area (Å²) in [7, 11) is 0. The van der Waals surface area contributed by atoms with Gasteiger partial charge < -0.3 is 0 Å². The average molecular weight is 265 g/mol. The third-order valence-electron chi connectivity index (χ3n) is 1.86. The summed E-state index contributed by atoms with van der Waals surface area (Å²) in [5.41, 5.74) is 2.64. The number of hydrogen-bond acceptors (Lipinski definition) is 2. The summed E-state index contributed by atoms with van der Waals surface area (Å²) in [4.78, 5) is 8.41. The lowest BCUT2D eigenvalue weighted by Gasteiger charge is -1.99. The van der Waals surface area contributed by atoms with Crippen LogP contribution in [-0.2, 0) is 0 Å². The molecule has 0 saturated carbocycles. The molecule has 3 heteroatoms. The molecule has 78 valence electrons. The number of allylic oxidation sites excluding steroid dienone is 2. The molecule has 0 aliphatic heterocycles. The lowest BCUT2D eigenvalue weighted by molar-refractivity contribution is 1.19. The standard InChI is InChI=1S/C12H13BrN2/c1-4-12(13)8-15-10(3)11-6-5-9(2)14-7-11/h4-8H,3H2,1-2H3/b12-4+,15-8-. The van der Waals surface area contributed by atoms with Crippen molar-refractivity contribution in [1.82, 2.24) is 4.98 Å². The molecule has 0 aromatic carbocycles. The van der Waals surface area contributed by atoms with Crippen molar-refractivity contribution in [3.05, 3.63) is 46.7 Å². The van der Waals surface area contributed by atoms with Crippen molar-refractivity contribution in [2.75, 3.05) is 0 Å². The quantitative estimate of drug-likeness (QED) is 0.764. The predicted octanol–water partition coefficient (Wildman–Crippen LogP) is 3.73. The molecule has 1 aromatic rings. The fraction of sp³-hybridized carbons (Fsp3) is 0.167. The maximum absolute atomic E-state index is 4.22. The molecule has 0 saturated heterocycles. The molecule has 0 radical (unpaired) electrons. The molecule has 0 spiro atoms. The molecule has 0 atom stereocenters. The molecular weight excluding hydrogens is 252 g/mol. The van der Waals surface area contributed by atoms with Crippen LogP contribution in [0.15, 0.2) is 40.5 Å². The Morgan fingerprint density at radius 3 is 2.80 bits per heavy atom. The van der Waals surface area contributed by atoms with E-state index in [4.69, 9.17) is 0 Å². The van der Waals surface area contributed by atoms with Gasteiger partial charge in [-0.05, 0) is 41.9 Å². The molecule has 0 aliphatic carbocycles. The van der Waals surface area contributed by atoms with E-state index in [2.05, 4.69) is 32.5 Å². The van der Waals surface area contributed by atoms with E-state index in [9.17, 15) is 0 Å². The number of nitrogens with zero attached hydrogens (tertiary/aromatic N) is 2. The van der Waals surface area contributed by atoms with Crippen LogP contribution in [0.5, 0.6) is 0 Å². The van der Waals surface area contributed by atoms with Crippen LogP contribution in [-0.4, -0.2) is 11.2 Å². The van der Waals surface area contributed by atoms with E-state index in [-0.39, 0.29) is 0 Å². The molecule has 0 fully saturated rings. The lowest BCUT2D eigenvalue weighted by Crippen LogP contribution is -1.85. The Labute approximate surface area is 98.6 Å². The first-order valence-electron chi connectivity index (χ1n) is 4.61. The van der Waals surface area contributed by atoms with Crippen LogP contribution in [0.2, 0.25) is 0 Å². The zero-order chi connectivity index (χ0) is 11.3. The summed E-state index contributed by atoms with van der Waals surface area (Å²) in [6.07, 6.45) is 5.42. The summed E-state index contributed by atoms with van der Waals surface area (Å²) in [5.74, 6) is 0. The highest BCUT2D eigenvalue weighted by Crippen LogP contribution is 2.13. The van der Waals surface area contributed by atoms with Gasteiger partial charge >= 0.3 is 0 Å². The molecule has 0 aliphatic rings. The molecule has 0 unspecified atom stereocenters. The van der Waals surface area contributed by atoms with Gasteiger partial charge in [-0.3, -0.25) is 9.98 Å². The molecule has 1 aromatic heterocycles. The minimum Gasteiger partial charge on any atom is -0.261 e. The maximum atomic E-state index is 4.22. The molecule has 0 N–H and O–H groups in total. The number of aliphatic imine (C=N–C) groups is 1. The number of halogens is 1. The van der Waals surface area contributed by atoms with Gasteiger partial charge in [-0.15, -0.1) is 0 Å². The second kappa shape index (κ2) is 5.61. The number of hydrogen-bond donors (Lipinski definition) is 0. The van der Waals surface area contributed by atoms with Crippen molar-refractivity contribution in [3.63, 3.8) is 0 Å². The zero-order valence-electron chi connectivity index (χ0n) is 8.87. The second-order valence-corrected chi connectivity index (χ2v) is 3.98. The Kier molecular flexibility index (Phi) is 4.43. The summed E-state index contributed by atoms with van der Waals surface area (Å²) < 4.78 is 0.934. The number of aromatic nitrogens is 1. The van der Waals surface area contributed by atoms with E-state index >= 15 is 0 Å². The van der Waals surface area contributed by atoms with Gasteiger partial charge in [0.1, 0.15) is 0 Å². The van der Waals surface area contributed by atoms with Crippen molar-refractivity contribution >= 4 is 27.8 Å². The fourth-order valence-corrected chi connectivity index (χ4v) is 1.03. The van der Waals surface area contributed by atoms with E-state index < -0.39 is 0 Å². The normalized spacial score (nSPS) is 12.1. The van der Waals surface area contributed by atoms with Crippen molar-refractivity contribution in [3.8, 4) is 0 Å². The van der Waals surface area contributed by atoms with Crippen LogP contribution in [0.4, 0.5) is 0 Å². The maximum Gasteiger partial charge on any atom is 0.0646 e. The van der Waals surface area contributed by atoms with Gasteiger partial charge in [-0.1, -0.05) is 12.7 Å². The zero-order valence-corrected chi connectivity index (χ0v) is 10.5. The highest BCUT2D eigenvalue weighted by Gasteiger charge is 1.96. The SMILES string of the molecule is C=C(/N=C\C(Br)=C/C)c1ccc(C)nc1. The smallest absolute Gasteiger partial charge is 0.0646 e. The topological polar surface area (TPSA) is 25.2 Å². The Bertz CT molecular complexity index is 402. The predicted molar refractivity (Wildman–Crippen MR) is 69.2 cm³/mol. The van der Waals surface area contributed by atoms with Gasteiger partial charge in [-0.2, -0.15) is 0 Å². The summed E-state index contributed by atoms with van der Waals surface area (Å²) in [6.45, 7) is 7.76. The van der Waals surface area contributed by atoms with Crippen LogP contribution in [0.3, 0.4) is 0 Å². The van der Waals surface area contributed by atoms with E-state index in [1.807, 2.05) is 32.1 Å². The van der Waals surface area contributed by atoms with Crippen LogP contribution < -0.4 is 0 Å². The van der Waals surface area contributed by atoms with Gasteiger partial charge in [0.15, 0.2) is 0 Å². The Morgan fingerprint density at radius 2 is 2.27 bits per heavy atom. The Morgan fingerprint density at radius 1 is 1.53 bits per heavy atom. The third-order valence-corrected chi connectivity index (χ3v) is 2.53. The fourth-order valence-electron chi connectivity index (χ4n) is 0.927. The highest BCUT2D eigenvalue weighted by molar-refractivity contribution is 9.12. The van der Waals surface area contributed by atoms with Gasteiger partial charge in [0, 0.05) is 28.2 Å². The molecule has 15 heavy (non-hydrogen) atoms. The minimum atomic E-state index is 0.710. The Hall–Kier alpha value is -1.22. The first kappa shape index (κ1) is 11.9. The second-order valence-electron chi connectivity index (χ2n) is 3.07. The summed E-state index contributed by atoms with van der Waals surface area (Å²) >= 11 is 3.34. The number of pyridine rings is 1. The lowest BCUT2D eigenvalue weighted by atomic mass is 10.2.